The van der Waals surface area contributed by atoms with Gasteiger partial charge in [0.2, 0.25) is 0 Å². The second-order valence-electron chi connectivity index (χ2n) is 2.93. The Hall–Kier alpha value is -1.78. The van der Waals surface area contributed by atoms with Crippen molar-refractivity contribution >= 4 is 11.8 Å². The van der Waals surface area contributed by atoms with Crippen molar-refractivity contribution in [1.82, 2.24) is 4.98 Å². The summed E-state index contributed by atoms with van der Waals surface area (Å²) in [6.45, 7) is -0.344. The van der Waals surface area contributed by atoms with Gasteiger partial charge in [-0.25, -0.2) is 9.78 Å². The van der Waals surface area contributed by atoms with Crippen molar-refractivity contribution in [2.24, 2.45) is 0 Å². The molecule has 1 heterocycles. The number of anilines is 1. The van der Waals surface area contributed by atoms with Crippen LogP contribution in [0.15, 0.2) is 18.3 Å². The molecule has 14 heavy (non-hydrogen) atoms. The molecule has 1 N–H and O–H groups in total. The fraction of sp³-hybridized carbons (Fsp3) is 0.333. The summed E-state index contributed by atoms with van der Waals surface area (Å²) < 4.78 is 4.92. The molecule has 0 aliphatic carbocycles. The summed E-state index contributed by atoms with van der Waals surface area (Å²) in [6.07, 6.45) is 1.50. The fourth-order valence-electron chi connectivity index (χ4n) is 0.867. The van der Waals surface area contributed by atoms with Crippen LogP contribution in [0.3, 0.4) is 0 Å². The van der Waals surface area contributed by atoms with Crippen molar-refractivity contribution in [1.29, 1.82) is 0 Å². The number of carbonyl (C=O) groups is 1. The Morgan fingerprint density at radius 2 is 2.29 bits per heavy atom. The third kappa shape index (κ3) is 2.93. The van der Waals surface area contributed by atoms with E-state index in [9.17, 15) is 4.79 Å². The highest BCUT2D eigenvalue weighted by Crippen LogP contribution is 2.13. The van der Waals surface area contributed by atoms with Crippen LogP contribution in [0.4, 0.5) is 5.82 Å². The monoisotopic (exact) mass is 196 g/mol. The average Bonchev–Trinajstić information content (AvgIpc) is 2.15. The first-order valence-electron chi connectivity index (χ1n) is 4.07. The summed E-state index contributed by atoms with van der Waals surface area (Å²) in [5, 5.41) is 8.36. The lowest BCUT2D eigenvalue weighted by molar-refractivity contribution is -0.139. The van der Waals surface area contributed by atoms with Crippen molar-refractivity contribution < 1.29 is 14.6 Å². The number of rotatable bonds is 4. The van der Waals surface area contributed by atoms with E-state index in [-0.39, 0.29) is 6.61 Å². The number of pyridine rings is 1. The number of carboxylic acid groups (broad SMARTS) is 1. The lowest BCUT2D eigenvalue weighted by Gasteiger charge is -2.11. The molecule has 0 fully saturated rings. The molecule has 0 saturated carbocycles. The van der Waals surface area contributed by atoms with Gasteiger partial charge >= 0.3 is 5.97 Å². The van der Waals surface area contributed by atoms with Crippen LogP contribution in [0, 0.1) is 0 Å². The number of aromatic nitrogens is 1. The van der Waals surface area contributed by atoms with Crippen LogP contribution in [0.5, 0.6) is 5.75 Å². The quantitative estimate of drug-likeness (QED) is 0.764. The van der Waals surface area contributed by atoms with Crippen LogP contribution in [0.2, 0.25) is 0 Å². The summed E-state index contributed by atoms with van der Waals surface area (Å²) in [5.74, 6) is 0.257. The number of carboxylic acids is 1. The molecule has 1 rings (SSSR count). The first-order chi connectivity index (χ1) is 6.59. The molecule has 0 saturated heterocycles. The van der Waals surface area contributed by atoms with E-state index in [1.807, 2.05) is 19.0 Å². The first-order valence-corrected chi connectivity index (χ1v) is 4.07. The summed E-state index contributed by atoms with van der Waals surface area (Å²) in [6, 6.07) is 3.45. The molecule has 0 aliphatic rings. The normalized spacial score (nSPS) is 9.57. The zero-order valence-corrected chi connectivity index (χ0v) is 8.10. The van der Waals surface area contributed by atoms with Gasteiger partial charge in [-0.1, -0.05) is 0 Å². The average molecular weight is 196 g/mol. The molecule has 0 amide bonds. The number of nitrogens with zero attached hydrogens (tertiary/aromatic N) is 2. The summed E-state index contributed by atoms with van der Waals surface area (Å²) in [7, 11) is 3.75. The highest BCUT2D eigenvalue weighted by molar-refractivity contribution is 5.68. The zero-order chi connectivity index (χ0) is 10.6. The van der Waals surface area contributed by atoms with E-state index < -0.39 is 5.97 Å². The van der Waals surface area contributed by atoms with Gasteiger partial charge in [0.05, 0.1) is 6.20 Å². The van der Waals surface area contributed by atoms with Crippen LogP contribution >= 0.6 is 0 Å². The predicted octanol–water partition coefficient (Wildman–Crippen LogP) is 0.611. The molecule has 0 aromatic carbocycles. The maximum atomic E-state index is 10.2. The van der Waals surface area contributed by atoms with E-state index in [0.29, 0.717) is 5.75 Å². The van der Waals surface area contributed by atoms with Gasteiger partial charge in [-0.15, -0.1) is 0 Å². The molecule has 0 aliphatic heterocycles. The Bertz CT molecular complexity index is 308. The second kappa shape index (κ2) is 4.45. The molecule has 1 aromatic heterocycles. The smallest absolute Gasteiger partial charge is 0.341 e. The molecule has 5 heteroatoms. The van der Waals surface area contributed by atoms with Crippen molar-refractivity contribution in [3.63, 3.8) is 0 Å². The van der Waals surface area contributed by atoms with Crippen molar-refractivity contribution in [3.8, 4) is 5.75 Å². The summed E-state index contributed by atoms with van der Waals surface area (Å²) >= 11 is 0. The Balaban J connectivity index is 2.59. The van der Waals surface area contributed by atoms with Crippen LogP contribution in [0.1, 0.15) is 0 Å². The topological polar surface area (TPSA) is 62.7 Å². The maximum absolute atomic E-state index is 10.2. The van der Waals surface area contributed by atoms with Crippen molar-refractivity contribution in [3.05, 3.63) is 18.3 Å². The molecule has 76 valence electrons. The third-order valence-corrected chi connectivity index (χ3v) is 1.54. The highest BCUT2D eigenvalue weighted by atomic mass is 16.5. The molecule has 0 unspecified atom stereocenters. The largest absolute Gasteiger partial charge is 0.480 e. The van der Waals surface area contributed by atoms with Gasteiger partial charge in [-0.2, -0.15) is 0 Å². The molecule has 5 nitrogen and oxygen atoms in total. The highest BCUT2D eigenvalue weighted by Gasteiger charge is 2.00. The van der Waals surface area contributed by atoms with Crippen molar-refractivity contribution in [2.75, 3.05) is 25.6 Å². The maximum Gasteiger partial charge on any atom is 0.341 e. The minimum absolute atomic E-state index is 0.344. The van der Waals surface area contributed by atoms with Crippen LogP contribution in [-0.2, 0) is 4.79 Å². The minimum atomic E-state index is -0.998. The van der Waals surface area contributed by atoms with Gasteiger partial charge in [0.25, 0.3) is 0 Å². The summed E-state index contributed by atoms with van der Waals surface area (Å²) in [4.78, 5) is 16.1. The molecular weight excluding hydrogens is 184 g/mol. The van der Waals surface area contributed by atoms with Gasteiger partial charge < -0.3 is 14.7 Å². The first kappa shape index (κ1) is 10.3. The van der Waals surface area contributed by atoms with Crippen LogP contribution < -0.4 is 9.64 Å². The lowest BCUT2D eigenvalue weighted by Crippen LogP contribution is -2.11. The molecule has 0 bridgehead atoms. The van der Waals surface area contributed by atoms with Gasteiger partial charge in [0.15, 0.2) is 6.61 Å². The van der Waals surface area contributed by atoms with Gasteiger partial charge in [-0.3, -0.25) is 0 Å². The Kier molecular flexibility index (Phi) is 3.28. The number of ether oxygens (including phenoxy) is 1. The second-order valence-corrected chi connectivity index (χ2v) is 2.93. The Labute approximate surface area is 81.9 Å². The standard InChI is InChI=1S/C9H12N2O3/c1-11(2)8-4-3-7(5-10-8)14-6-9(12)13/h3-5H,6H2,1-2H3,(H,12,13). The molecular formula is C9H12N2O3. The van der Waals surface area contributed by atoms with Crippen LogP contribution in [0.25, 0.3) is 0 Å². The summed E-state index contributed by atoms with van der Waals surface area (Å²) in [5.41, 5.74) is 0. The lowest BCUT2D eigenvalue weighted by atomic mass is 10.4. The SMILES string of the molecule is CN(C)c1ccc(OCC(=O)O)cn1. The van der Waals surface area contributed by atoms with Crippen molar-refractivity contribution in [2.45, 2.75) is 0 Å². The number of hydrogen-bond acceptors (Lipinski definition) is 4. The number of hydrogen-bond donors (Lipinski definition) is 1. The van der Waals surface area contributed by atoms with E-state index in [2.05, 4.69) is 4.98 Å². The Morgan fingerprint density at radius 3 is 2.71 bits per heavy atom. The molecule has 1 aromatic rings. The van der Waals surface area contributed by atoms with Gasteiger partial charge in [-0.05, 0) is 12.1 Å². The zero-order valence-electron chi connectivity index (χ0n) is 8.10. The van der Waals surface area contributed by atoms with Crippen LogP contribution in [-0.4, -0.2) is 36.8 Å². The van der Waals surface area contributed by atoms with E-state index in [1.54, 1.807) is 12.1 Å². The predicted molar refractivity (Wildman–Crippen MR) is 51.7 cm³/mol. The Morgan fingerprint density at radius 1 is 1.57 bits per heavy atom. The molecule has 0 spiro atoms. The van der Waals surface area contributed by atoms with E-state index in [4.69, 9.17) is 9.84 Å². The molecule has 0 atom stereocenters. The third-order valence-electron chi connectivity index (χ3n) is 1.54. The fourth-order valence-corrected chi connectivity index (χ4v) is 0.867. The number of aliphatic carboxylic acids is 1. The van der Waals surface area contributed by atoms with E-state index in [1.165, 1.54) is 6.20 Å². The van der Waals surface area contributed by atoms with Gasteiger partial charge in [0.1, 0.15) is 11.6 Å². The minimum Gasteiger partial charge on any atom is -0.480 e. The molecule has 0 radical (unpaired) electrons. The van der Waals surface area contributed by atoms with E-state index in [0.717, 1.165) is 5.82 Å². The van der Waals surface area contributed by atoms with E-state index >= 15 is 0 Å². The van der Waals surface area contributed by atoms with Gasteiger partial charge in [0, 0.05) is 14.1 Å².